The van der Waals surface area contributed by atoms with E-state index in [-0.39, 0.29) is 30.6 Å². The van der Waals surface area contributed by atoms with Crippen molar-refractivity contribution in [1.82, 2.24) is 5.32 Å². The summed E-state index contributed by atoms with van der Waals surface area (Å²) in [4.78, 5) is 37.4. The van der Waals surface area contributed by atoms with E-state index in [4.69, 9.17) is 16.3 Å². The Kier molecular flexibility index (Phi) is 4.80. The molecule has 2 aliphatic heterocycles. The fraction of sp³-hybridized carbons (Fsp3) is 0.438. The minimum Gasteiger partial charge on any atom is -0.442 e. The maximum absolute atomic E-state index is 14.5. The topological polar surface area (TPSA) is 79.0 Å². The number of nitrogens with zero attached hydrogens (tertiary/aromatic N) is 2. The Morgan fingerprint density at radius 3 is 2.76 bits per heavy atom. The lowest BCUT2D eigenvalue weighted by Crippen LogP contribution is -2.33. The predicted molar refractivity (Wildman–Crippen MR) is 89.3 cm³/mol. The summed E-state index contributed by atoms with van der Waals surface area (Å²) in [6, 6.07) is 4.19. The van der Waals surface area contributed by atoms with Crippen molar-refractivity contribution in [2.45, 2.75) is 24.8 Å². The first kappa shape index (κ1) is 17.5. The van der Waals surface area contributed by atoms with Crippen LogP contribution in [0.15, 0.2) is 18.2 Å². The van der Waals surface area contributed by atoms with E-state index in [1.165, 1.54) is 28.9 Å². The number of benzene rings is 1. The van der Waals surface area contributed by atoms with E-state index in [1.807, 2.05) is 0 Å². The second-order valence-corrected chi connectivity index (χ2v) is 6.46. The van der Waals surface area contributed by atoms with Gasteiger partial charge in [-0.15, -0.1) is 11.6 Å². The number of rotatable bonds is 4. The highest BCUT2D eigenvalue weighted by Crippen LogP contribution is 2.31. The Morgan fingerprint density at radius 2 is 2.16 bits per heavy atom. The van der Waals surface area contributed by atoms with Crippen molar-refractivity contribution in [3.63, 3.8) is 0 Å². The fourth-order valence-electron chi connectivity index (χ4n) is 2.86. The summed E-state index contributed by atoms with van der Waals surface area (Å²) in [6.07, 6.45) is -0.651. The van der Waals surface area contributed by atoms with Crippen LogP contribution >= 0.6 is 11.6 Å². The maximum Gasteiger partial charge on any atom is 0.414 e. The van der Waals surface area contributed by atoms with E-state index in [0.717, 1.165) is 0 Å². The second kappa shape index (κ2) is 6.87. The van der Waals surface area contributed by atoms with Crippen molar-refractivity contribution in [3.05, 3.63) is 24.0 Å². The molecule has 3 rings (SSSR count). The van der Waals surface area contributed by atoms with Gasteiger partial charge in [0.25, 0.3) is 0 Å². The summed E-state index contributed by atoms with van der Waals surface area (Å²) in [6.45, 7) is 2.11. The molecule has 1 aromatic carbocycles. The molecule has 134 valence electrons. The quantitative estimate of drug-likeness (QED) is 0.818. The van der Waals surface area contributed by atoms with Gasteiger partial charge in [-0.05, 0) is 24.6 Å². The standard InChI is InChI=1S/C16H17ClFN3O4/c1-9(22)19-7-11-8-21(16(24)25-11)10-2-3-14(13(18)6-10)20-5-4-12(17)15(20)23/h2-3,6,11-12H,4-5,7-8H2,1H3,(H,19,22)/t11-,12?/m0/s1. The first-order chi connectivity index (χ1) is 11.9. The van der Waals surface area contributed by atoms with Gasteiger partial charge in [-0.1, -0.05) is 0 Å². The van der Waals surface area contributed by atoms with Crippen molar-refractivity contribution in [2.75, 3.05) is 29.4 Å². The van der Waals surface area contributed by atoms with Crippen LogP contribution in [0.1, 0.15) is 13.3 Å². The highest BCUT2D eigenvalue weighted by Gasteiger charge is 2.35. The van der Waals surface area contributed by atoms with Crippen LogP contribution in [-0.4, -0.2) is 49.0 Å². The molecule has 1 unspecified atom stereocenters. The minimum atomic E-state index is -0.637. The van der Waals surface area contributed by atoms with Crippen LogP contribution in [0.2, 0.25) is 0 Å². The van der Waals surface area contributed by atoms with Gasteiger partial charge in [0.05, 0.1) is 24.5 Å². The molecule has 0 spiro atoms. The highest BCUT2D eigenvalue weighted by molar-refractivity contribution is 6.33. The summed E-state index contributed by atoms with van der Waals surface area (Å²) in [5.74, 6) is -1.17. The largest absolute Gasteiger partial charge is 0.442 e. The monoisotopic (exact) mass is 369 g/mol. The second-order valence-electron chi connectivity index (χ2n) is 5.94. The zero-order valence-electron chi connectivity index (χ0n) is 13.5. The Bertz CT molecular complexity index is 729. The van der Waals surface area contributed by atoms with Gasteiger partial charge in [0.1, 0.15) is 17.3 Å². The molecule has 2 heterocycles. The fourth-order valence-corrected chi connectivity index (χ4v) is 3.08. The van der Waals surface area contributed by atoms with E-state index >= 15 is 0 Å². The number of hydrogen-bond donors (Lipinski definition) is 1. The van der Waals surface area contributed by atoms with Gasteiger partial charge in [-0.2, -0.15) is 0 Å². The third-order valence-electron chi connectivity index (χ3n) is 4.13. The van der Waals surface area contributed by atoms with Crippen molar-refractivity contribution < 1.29 is 23.5 Å². The molecular weight excluding hydrogens is 353 g/mol. The van der Waals surface area contributed by atoms with Crippen LogP contribution in [0.4, 0.5) is 20.6 Å². The average molecular weight is 370 g/mol. The van der Waals surface area contributed by atoms with Crippen molar-refractivity contribution in [1.29, 1.82) is 0 Å². The van der Waals surface area contributed by atoms with E-state index in [2.05, 4.69) is 5.32 Å². The van der Waals surface area contributed by atoms with E-state index < -0.39 is 23.4 Å². The van der Waals surface area contributed by atoms with Crippen LogP contribution in [0, 0.1) is 5.82 Å². The number of alkyl halides is 1. The number of carbonyl (C=O) groups is 3. The summed E-state index contributed by atoms with van der Waals surface area (Å²) in [5.41, 5.74) is 0.463. The number of ether oxygens (including phenoxy) is 1. The molecule has 3 amide bonds. The molecule has 25 heavy (non-hydrogen) atoms. The van der Waals surface area contributed by atoms with Gasteiger partial charge in [0.2, 0.25) is 11.8 Å². The molecule has 2 aliphatic rings. The lowest BCUT2D eigenvalue weighted by molar-refractivity contribution is -0.119. The maximum atomic E-state index is 14.5. The van der Waals surface area contributed by atoms with E-state index in [9.17, 15) is 18.8 Å². The molecule has 7 nitrogen and oxygen atoms in total. The normalized spacial score (nSPS) is 23.2. The highest BCUT2D eigenvalue weighted by atomic mass is 35.5. The Labute approximate surface area is 148 Å². The zero-order chi connectivity index (χ0) is 18.1. The SMILES string of the molecule is CC(=O)NC[C@H]1CN(c2ccc(N3CCC(Cl)C3=O)c(F)c2)C(=O)O1. The first-order valence-corrected chi connectivity index (χ1v) is 8.28. The summed E-state index contributed by atoms with van der Waals surface area (Å²) in [5, 5.41) is 1.94. The molecule has 2 fully saturated rings. The summed E-state index contributed by atoms with van der Waals surface area (Å²) in [7, 11) is 0. The zero-order valence-corrected chi connectivity index (χ0v) is 14.3. The number of amides is 3. The van der Waals surface area contributed by atoms with Gasteiger partial charge < -0.3 is 15.0 Å². The smallest absolute Gasteiger partial charge is 0.414 e. The third-order valence-corrected chi connectivity index (χ3v) is 4.53. The molecule has 2 atom stereocenters. The van der Waals surface area contributed by atoms with Crippen LogP contribution in [0.3, 0.4) is 0 Å². The molecular formula is C16H17ClFN3O4. The van der Waals surface area contributed by atoms with E-state index in [0.29, 0.717) is 18.7 Å². The van der Waals surface area contributed by atoms with Crippen LogP contribution in [0.25, 0.3) is 0 Å². The number of halogens is 2. The molecule has 0 saturated carbocycles. The Balaban J connectivity index is 1.73. The van der Waals surface area contributed by atoms with Gasteiger partial charge in [0.15, 0.2) is 0 Å². The third kappa shape index (κ3) is 3.53. The van der Waals surface area contributed by atoms with E-state index in [1.54, 1.807) is 6.07 Å². The molecule has 2 saturated heterocycles. The lowest BCUT2D eigenvalue weighted by atomic mass is 10.2. The molecule has 9 heteroatoms. The van der Waals surface area contributed by atoms with Crippen molar-refractivity contribution >= 4 is 40.9 Å². The average Bonchev–Trinajstić information content (AvgIpc) is 3.09. The van der Waals surface area contributed by atoms with Gasteiger partial charge in [0, 0.05) is 13.5 Å². The molecule has 0 aromatic heterocycles. The van der Waals surface area contributed by atoms with Gasteiger partial charge in [-0.25, -0.2) is 9.18 Å². The van der Waals surface area contributed by atoms with Crippen molar-refractivity contribution in [2.24, 2.45) is 0 Å². The molecule has 0 bridgehead atoms. The number of cyclic esters (lactones) is 1. The number of anilines is 2. The lowest BCUT2D eigenvalue weighted by Gasteiger charge is -2.19. The Hall–Kier alpha value is -2.35. The number of carbonyl (C=O) groups excluding carboxylic acids is 3. The molecule has 1 aromatic rings. The first-order valence-electron chi connectivity index (χ1n) is 7.84. The minimum absolute atomic E-state index is 0.138. The molecule has 1 N–H and O–H groups in total. The summed E-state index contributed by atoms with van der Waals surface area (Å²) < 4.78 is 19.6. The molecule has 0 aliphatic carbocycles. The van der Waals surface area contributed by atoms with Gasteiger partial charge >= 0.3 is 6.09 Å². The molecule has 0 radical (unpaired) electrons. The number of hydrogen-bond acceptors (Lipinski definition) is 4. The van der Waals surface area contributed by atoms with Gasteiger partial charge in [-0.3, -0.25) is 14.5 Å². The Morgan fingerprint density at radius 1 is 1.40 bits per heavy atom. The van der Waals surface area contributed by atoms with Crippen LogP contribution in [0.5, 0.6) is 0 Å². The predicted octanol–water partition coefficient (Wildman–Crippen LogP) is 1.63. The van der Waals surface area contributed by atoms with Crippen LogP contribution in [-0.2, 0) is 14.3 Å². The summed E-state index contributed by atoms with van der Waals surface area (Å²) >= 11 is 5.87. The van der Waals surface area contributed by atoms with Crippen molar-refractivity contribution in [3.8, 4) is 0 Å². The number of nitrogens with one attached hydrogen (secondary N) is 1. The van der Waals surface area contributed by atoms with Crippen LogP contribution < -0.4 is 15.1 Å².